The zero-order valence-corrected chi connectivity index (χ0v) is 11.0. The van der Waals surface area contributed by atoms with Crippen LogP contribution in [0.15, 0.2) is 34.3 Å². The molecule has 0 heterocycles. The van der Waals surface area contributed by atoms with E-state index in [1.807, 2.05) is 43.3 Å². The van der Waals surface area contributed by atoms with Crippen LogP contribution < -0.4 is 21.7 Å². The number of aliphatic imine (C=N–C) groups is 2. The molecule has 5 N–H and O–H groups in total. The molecule has 0 amide bonds. The number of nitrogens with one attached hydrogen (secondary N) is 1. The molecule has 0 bridgehead atoms. The Bertz CT molecular complexity index is 432. The topological polar surface area (TPSA) is 92.0 Å². The molecule has 0 saturated carbocycles. The lowest BCUT2D eigenvalue weighted by atomic mass is 10.2. The first-order chi connectivity index (χ1) is 8.52. The smallest absolute Gasteiger partial charge is 0.195 e. The maximum absolute atomic E-state index is 5.65. The van der Waals surface area contributed by atoms with Crippen LogP contribution in [-0.2, 0) is 6.54 Å². The van der Waals surface area contributed by atoms with Crippen LogP contribution in [0.25, 0.3) is 0 Å². The van der Waals surface area contributed by atoms with Crippen molar-refractivity contribution in [1.29, 1.82) is 0 Å². The third-order valence-corrected chi connectivity index (χ3v) is 2.38. The van der Waals surface area contributed by atoms with Gasteiger partial charge in [0.2, 0.25) is 0 Å². The number of nitrogens with two attached hydrogens (primary N) is 2. The van der Waals surface area contributed by atoms with E-state index in [2.05, 4.69) is 15.3 Å². The number of hydrogen-bond acceptors (Lipinski definition) is 3. The fraction of sp³-hybridized carbons (Fsp3) is 0.333. The monoisotopic (exact) mass is 248 g/mol. The Labute approximate surface area is 107 Å². The van der Waals surface area contributed by atoms with Gasteiger partial charge in [-0.15, -0.1) is 0 Å². The van der Waals surface area contributed by atoms with Gasteiger partial charge in [-0.25, -0.2) is 4.99 Å². The molecular formula is C12H20N6. The number of nitrogens with zero attached hydrogens (tertiary/aromatic N) is 3. The van der Waals surface area contributed by atoms with Crippen molar-refractivity contribution >= 4 is 17.6 Å². The van der Waals surface area contributed by atoms with E-state index in [4.69, 9.17) is 11.5 Å². The molecule has 0 aliphatic rings. The molecule has 6 heteroatoms. The molecule has 0 aliphatic heterocycles. The van der Waals surface area contributed by atoms with Gasteiger partial charge >= 0.3 is 0 Å². The van der Waals surface area contributed by atoms with E-state index in [1.165, 1.54) is 0 Å². The van der Waals surface area contributed by atoms with Crippen LogP contribution in [0, 0.1) is 0 Å². The Morgan fingerprint density at radius 1 is 1.17 bits per heavy atom. The lowest BCUT2D eigenvalue weighted by Gasteiger charge is -2.12. The van der Waals surface area contributed by atoms with Crippen LogP contribution in [0.1, 0.15) is 5.56 Å². The Morgan fingerprint density at radius 2 is 1.78 bits per heavy atom. The van der Waals surface area contributed by atoms with Crippen LogP contribution in [0.4, 0.5) is 5.69 Å². The van der Waals surface area contributed by atoms with Gasteiger partial charge in [0, 0.05) is 26.8 Å². The van der Waals surface area contributed by atoms with Crippen molar-refractivity contribution in [3.05, 3.63) is 29.8 Å². The van der Waals surface area contributed by atoms with Gasteiger partial charge in [0.1, 0.15) is 0 Å². The first-order valence-corrected chi connectivity index (χ1v) is 5.58. The van der Waals surface area contributed by atoms with Crippen molar-refractivity contribution in [3.8, 4) is 0 Å². The van der Waals surface area contributed by atoms with Gasteiger partial charge in [0.15, 0.2) is 11.9 Å². The van der Waals surface area contributed by atoms with Crippen LogP contribution in [-0.4, -0.2) is 33.1 Å². The number of rotatable bonds is 3. The Balaban J connectivity index is 2.60. The molecule has 1 aromatic rings. The fourth-order valence-electron chi connectivity index (χ4n) is 1.30. The van der Waals surface area contributed by atoms with Gasteiger partial charge in [-0.3, -0.25) is 10.3 Å². The first-order valence-electron chi connectivity index (χ1n) is 5.58. The standard InChI is InChI=1S/C12H20N6/c1-15-11(13)17-12(14)16-8-9-4-6-10(7-5-9)18(2)3/h4-7H,8H2,1-3H3,(H5,13,14,15,16,17). The summed E-state index contributed by atoms with van der Waals surface area (Å²) in [6.45, 7) is 0.504. The molecule has 6 nitrogen and oxygen atoms in total. The summed E-state index contributed by atoms with van der Waals surface area (Å²) in [6, 6.07) is 8.11. The van der Waals surface area contributed by atoms with Crippen LogP contribution in [0.3, 0.4) is 0 Å². The zero-order valence-electron chi connectivity index (χ0n) is 11.0. The highest BCUT2D eigenvalue weighted by molar-refractivity contribution is 5.96. The highest BCUT2D eigenvalue weighted by Crippen LogP contribution is 2.12. The predicted molar refractivity (Wildman–Crippen MR) is 76.8 cm³/mol. The molecule has 0 radical (unpaired) electrons. The minimum absolute atomic E-state index is 0.249. The number of hydrogen-bond donors (Lipinski definition) is 3. The fourth-order valence-corrected chi connectivity index (χ4v) is 1.30. The molecular weight excluding hydrogens is 228 g/mol. The van der Waals surface area contributed by atoms with Gasteiger partial charge in [-0.2, -0.15) is 0 Å². The third-order valence-electron chi connectivity index (χ3n) is 2.38. The van der Waals surface area contributed by atoms with E-state index in [9.17, 15) is 0 Å². The minimum atomic E-state index is 0.249. The number of guanidine groups is 2. The summed E-state index contributed by atoms with van der Waals surface area (Å²) < 4.78 is 0. The van der Waals surface area contributed by atoms with Crippen molar-refractivity contribution in [1.82, 2.24) is 5.32 Å². The summed E-state index contributed by atoms with van der Waals surface area (Å²) in [4.78, 5) is 9.94. The predicted octanol–water partition coefficient (Wildman–Crippen LogP) is 0.101. The average Bonchev–Trinajstić information content (AvgIpc) is 2.36. The van der Waals surface area contributed by atoms with E-state index in [0.29, 0.717) is 6.54 Å². The summed E-state index contributed by atoms with van der Waals surface area (Å²) in [5.41, 5.74) is 13.3. The van der Waals surface area contributed by atoms with Gasteiger partial charge in [-0.05, 0) is 17.7 Å². The van der Waals surface area contributed by atoms with E-state index in [0.717, 1.165) is 11.3 Å². The quantitative estimate of drug-likeness (QED) is 0.522. The Morgan fingerprint density at radius 3 is 2.28 bits per heavy atom. The molecule has 0 spiro atoms. The molecule has 1 aromatic carbocycles. The molecule has 1 rings (SSSR count). The van der Waals surface area contributed by atoms with Crippen molar-refractivity contribution < 1.29 is 0 Å². The highest BCUT2D eigenvalue weighted by Gasteiger charge is 1.97. The Kier molecular flexibility index (Phi) is 4.98. The average molecular weight is 248 g/mol. The lowest BCUT2D eigenvalue weighted by molar-refractivity contribution is 1.03. The maximum atomic E-state index is 5.65. The second-order valence-electron chi connectivity index (χ2n) is 4.00. The van der Waals surface area contributed by atoms with Gasteiger partial charge in [-0.1, -0.05) is 12.1 Å². The molecule has 98 valence electrons. The molecule has 0 unspecified atom stereocenters. The normalized spacial score (nSPS) is 12.4. The molecule has 18 heavy (non-hydrogen) atoms. The molecule has 0 saturated heterocycles. The van der Waals surface area contributed by atoms with Gasteiger partial charge < -0.3 is 16.4 Å². The molecule has 0 fully saturated rings. The Hall–Kier alpha value is -2.24. The summed E-state index contributed by atoms with van der Waals surface area (Å²) in [5, 5.41) is 2.68. The summed E-state index contributed by atoms with van der Waals surface area (Å²) in [6.07, 6.45) is 0. The van der Waals surface area contributed by atoms with Crippen LogP contribution in [0.5, 0.6) is 0 Å². The van der Waals surface area contributed by atoms with E-state index < -0.39 is 0 Å². The van der Waals surface area contributed by atoms with Crippen LogP contribution in [0.2, 0.25) is 0 Å². The van der Waals surface area contributed by atoms with E-state index in [-0.39, 0.29) is 11.9 Å². The van der Waals surface area contributed by atoms with Gasteiger partial charge in [0.25, 0.3) is 0 Å². The molecule has 0 atom stereocenters. The number of anilines is 1. The van der Waals surface area contributed by atoms with E-state index in [1.54, 1.807) is 7.05 Å². The number of benzene rings is 1. The second kappa shape index (κ2) is 6.48. The molecule has 0 aromatic heterocycles. The summed E-state index contributed by atoms with van der Waals surface area (Å²) >= 11 is 0. The van der Waals surface area contributed by atoms with Crippen molar-refractivity contribution in [2.24, 2.45) is 21.5 Å². The van der Waals surface area contributed by atoms with Crippen molar-refractivity contribution in [2.45, 2.75) is 6.54 Å². The van der Waals surface area contributed by atoms with Gasteiger partial charge in [0.05, 0.1) is 6.54 Å². The second-order valence-corrected chi connectivity index (χ2v) is 4.00. The first kappa shape index (κ1) is 13.8. The van der Waals surface area contributed by atoms with Crippen molar-refractivity contribution in [2.75, 3.05) is 26.0 Å². The third kappa shape index (κ3) is 4.32. The SMILES string of the molecule is CN=C(N)NC(N)=NCc1ccc(N(C)C)cc1. The summed E-state index contributed by atoms with van der Waals surface area (Å²) in [7, 11) is 5.58. The van der Waals surface area contributed by atoms with Crippen molar-refractivity contribution in [3.63, 3.8) is 0 Å². The largest absolute Gasteiger partial charge is 0.378 e. The maximum Gasteiger partial charge on any atom is 0.195 e. The zero-order chi connectivity index (χ0) is 13.5. The molecule has 0 aliphatic carbocycles. The lowest BCUT2D eigenvalue weighted by Crippen LogP contribution is -2.41. The highest BCUT2D eigenvalue weighted by atomic mass is 15.2. The summed E-state index contributed by atoms with van der Waals surface area (Å²) in [5.74, 6) is 0.508. The van der Waals surface area contributed by atoms with E-state index >= 15 is 0 Å². The minimum Gasteiger partial charge on any atom is -0.378 e. The van der Waals surface area contributed by atoms with Crippen LogP contribution >= 0.6 is 0 Å².